The van der Waals surface area contributed by atoms with Crippen LogP contribution in [0.25, 0.3) is 5.69 Å². The maximum Gasteiger partial charge on any atom is 0.143 e. The Bertz CT molecular complexity index is 643. The van der Waals surface area contributed by atoms with Crippen molar-refractivity contribution >= 4 is 17.0 Å². The molecule has 0 radical (unpaired) electrons. The molecule has 19 heavy (non-hydrogen) atoms. The van der Waals surface area contributed by atoms with Crippen molar-refractivity contribution in [1.29, 1.82) is 0 Å². The van der Waals surface area contributed by atoms with Gasteiger partial charge in [0.15, 0.2) is 0 Å². The number of nitrogens with one attached hydrogen (secondary N) is 1. The summed E-state index contributed by atoms with van der Waals surface area (Å²) in [5, 5.41) is 17.5. The fourth-order valence-corrected chi connectivity index (χ4v) is 2.38. The minimum atomic E-state index is 0.739. The third-order valence-electron chi connectivity index (χ3n) is 2.59. The quantitative estimate of drug-likeness (QED) is 0.787. The van der Waals surface area contributed by atoms with E-state index in [4.69, 9.17) is 0 Å². The van der Waals surface area contributed by atoms with E-state index in [1.165, 1.54) is 0 Å². The molecule has 0 bridgehead atoms. The minimum Gasteiger partial charge on any atom is -0.379 e. The Hall–Kier alpha value is -2.28. The van der Waals surface area contributed by atoms with Crippen molar-refractivity contribution < 1.29 is 0 Å². The first kappa shape index (κ1) is 11.8. The largest absolute Gasteiger partial charge is 0.379 e. The highest BCUT2D eigenvalue weighted by Crippen LogP contribution is 2.14. The van der Waals surface area contributed by atoms with E-state index in [2.05, 4.69) is 31.2 Å². The Balaban J connectivity index is 1.66. The molecule has 3 rings (SSSR count). The number of thiazole rings is 1. The SMILES string of the molecule is Cc1csc(CNc2ccc(-n3cnnn3)cc2)n1. The van der Waals surface area contributed by atoms with Crippen molar-refractivity contribution in [1.82, 2.24) is 25.2 Å². The molecule has 96 valence electrons. The van der Waals surface area contributed by atoms with E-state index in [9.17, 15) is 0 Å². The predicted molar refractivity (Wildman–Crippen MR) is 73.3 cm³/mol. The van der Waals surface area contributed by atoms with Crippen LogP contribution >= 0.6 is 11.3 Å². The molecule has 0 atom stereocenters. The van der Waals surface area contributed by atoms with E-state index in [0.29, 0.717) is 0 Å². The van der Waals surface area contributed by atoms with Crippen LogP contribution in [-0.2, 0) is 6.54 Å². The maximum atomic E-state index is 4.41. The predicted octanol–water partition coefficient (Wildman–Crippen LogP) is 2.04. The van der Waals surface area contributed by atoms with Crippen molar-refractivity contribution in [3.8, 4) is 5.69 Å². The molecule has 0 unspecified atom stereocenters. The molecule has 2 aromatic heterocycles. The second kappa shape index (κ2) is 5.15. The summed E-state index contributed by atoms with van der Waals surface area (Å²) < 4.78 is 1.62. The lowest BCUT2D eigenvalue weighted by Gasteiger charge is -2.05. The Kier molecular flexibility index (Phi) is 3.20. The number of hydrogen-bond donors (Lipinski definition) is 1. The molecule has 0 saturated heterocycles. The number of rotatable bonds is 4. The highest BCUT2D eigenvalue weighted by atomic mass is 32.1. The third-order valence-corrected chi connectivity index (χ3v) is 3.56. The Labute approximate surface area is 114 Å². The van der Waals surface area contributed by atoms with E-state index in [1.807, 2.05) is 31.2 Å². The molecule has 0 amide bonds. The van der Waals surface area contributed by atoms with Crippen molar-refractivity contribution in [3.05, 3.63) is 46.7 Å². The molecular weight excluding hydrogens is 260 g/mol. The number of benzene rings is 1. The standard InChI is InChI=1S/C12H12N6S/c1-9-7-19-12(15-9)6-13-10-2-4-11(5-3-10)18-8-14-16-17-18/h2-5,7-8,13H,6H2,1H3. The highest BCUT2D eigenvalue weighted by Gasteiger charge is 2.00. The molecule has 0 saturated carbocycles. The van der Waals surface area contributed by atoms with E-state index in [0.717, 1.165) is 28.6 Å². The summed E-state index contributed by atoms with van der Waals surface area (Å²) in [5.74, 6) is 0. The summed E-state index contributed by atoms with van der Waals surface area (Å²) in [4.78, 5) is 4.41. The van der Waals surface area contributed by atoms with Gasteiger partial charge in [0.05, 0.1) is 12.2 Å². The number of aromatic nitrogens is 5. The first-order valence-corrected chi connectivity index (χ1v) is 6.67. The average Bonchev–Trinajstić information content (AvgIpc) is 3.08. The van der Waals surface area contributed by atoms with Gasteiger partial charge in [-0.05, 0) is 41.6 Å². The van der Waals surface area contributed by atoms with Crippen molar-refractivity contribution in [3.63, 3.8) is 0 Å². The fraction of sp³-hybridized carbons (Fsp3) is 0.167. The molecule has 0 aliphatic carbocycles. The molecule has 0 aliphatic rings. The summed E-state index contributed by atoms with van der Waals surface area (Å²) in [5.41, 5.74) is 3.04. The second-order valence-corrected chi connectivity index (χ2v) is 4.98. The first-order valence-electron chi connectivity index (χ1n) is 5.79. The second-order valence-electron chi connectivity index (χ2n) is 4.04. The molecule has 6 nitrogen and oxygen atoms in total. The lowest BCUT2D eigenvalue weighted by molar-refractivity contribution is 0.789. The van der Waals surface area contributed by atoms with E-state index >= 15 is 0 Å². The summed E-state index contributed by atoms with van der Waals surface area (Å²) in [6, 6.07) is 7.92. The molecule has 0 aliphatic heterocycles. The molecule has 0 spiro atoms. The van der Waals surface area contributed by atoms with Crippen LogP contribution in [0.15, 0.2) is 36.0 Å². The Morgan fingerprint density at radius 2 is 2.11 bits per heavy atom. The molecule has 0 fully saturated rings. The van der Waals surface area contributed by atoms with Crippen LogP contribution in [0.4, 0.5) is 5.69 Å². The van der Waals surface area contributed by atoms with Gasteiger partial charge in [0.1, 0.15) is 11.3 Å². The van der Waals surface area contributed by atoms with Crippen LogP contribution in [0.3, 0.4) is 0 Å². The highest BCUT2D eigenvalue weighted by molar-refractivity contribution is 7.09. The van der Waals surface area contributed by atoms with Gasteiger partial charge in [-0.1, -0.05) is 0 Å². The van der Waals surface area contributed by atoms with Gasteiger partial charge in [-0.25, -0.2) is 9.67 Å². The van der Waals surface area contributed by atoms with Crippen LogP contribution in [0.5, 0.6) is 0 Å². The van der Waals surface area contributed by atoms with Crippen LogP contribution in [0.2, 0.25) is 0 Å². The number of nitrogens with zero attached hydrogens (tertiary/aromatic N) is 5. The summed E-state index contributed by atoms with van der Waals surface area (Å²) in [7, 11) is 0. The summed E-state index contributed by atoms with van der Waals surface area (Å²) in [6.45, 7) is 2.74. The lowest BCUT2D eigenvalue weighted by atomic mass is 10.3. The smallest absolute Gasteiger partial charge is 0.143 e. The van der Waals surface area contributed by atoms with Crippen molar-refractivity contribution in [2.45, 2.75) is 13.5 Å². The zero-order valence-corrected chi connectivity index (χ0v) is 11.1. The van der Waals surface area contributed by atoms with Gasteiger partial charge in [-0.2, -0.15) is 0 Å². The van der Waals surface area contributed by atoms with E-state index < -0.39 is 0 Å². The zero-order chi connectivity index (χ0) is 13.1. The zero-order valence-electron chi connectivity index (χ0n) is 10.3. The molecule has 1 aromatic carbocycles. The number of tetrazole rings is 1. The van der Waals surface area contributed by atoms with Crippen LogP contribution in [-0.4, -0.2) is 25.2 Å². The molecule has 7 heteroatoms. The lowest BCUT2D eigenvalue weighted by Crippen LogP contribution is -2.00. The third kappa shape index (κ3) is 2.76. The summed E-state index contributed by atoms with van der Waals surface area (Å²) >= 11 is 1.67. The van der Waals surface area contributed by atoms with E-state index in [1.54, 1.807) is 22.3 Å². The Morgan fingerprint density at radius 3 is 2.74 bits per heavy atom. The van der Waals surface area contributed by atoms with Gasteiger partial charge in [-0.15, -0.1) is 16.4 Å². The normalized spacial score (nSPS) is 10.6. The van der Waals surface area contributed by atoms with Gasteiger partial charge in [0, 0.05) is 16.8 Å². The summed E-state index contributed by atoms with van der Waals surface area (Å²) in [6.07, 6.45) is 1.57. The van der Waals surface area contributed by atoms with Gasteiger partial charge < -0.3 is 5.32 Å². The number of aryl methyl sites for hydroxylation is 1. The van der Waals surface area contributed by atoms with Crippen molar-refractivity contribution in [2.75, 3.05) is 5.32 Å². The molecular formula is C12H12N6S. The molecule has 2 heterocycles. The van der Waals surface area contributed by atoms with Crippen molar-refractivity contribution in [2.24, 2.45) is 0 Å². The van der Waals surface area contributed by atoms with E-state index in [-0.39, 0.29) is 0 Å². The van der Waals surface area contributed by atoms with Crippen LogP contribution in [0.1, 0.15) is 10.7 Å². The van der Waals surface area contributed by atoms with Gasteiger partial charge in [-0.3, -0.25) is 0 Å². The number of anilines is 1. The monoisotopic (exact) mass is 272 g/mol. The molecule has 3 aromatic rings. The van der Waals surface area contributed by atoms with Gasteiger partial charge >= 0.3 is 0 Å². The first-order chi connectivity index (χ1) is 9.31. The number of hydrogen-bond acceptors (Lipinski definition) is 6. The minimum absolute atomic E-state index is 0.739. The average molecular weight is 272 g/mol. The molecule has 1 N–H and O–H groups in total. The maximum absolute atomic E-state index is 4.41. The van der Waals surface area contributed by atoms with Crippen LogP contribution in [0, 0.1) is 6.92 Å². The van der Waals surface area contributed by atoms with Crippen LogP contribution < -0.4 is 5.32 Å². The topological polar surface area (TPSA) is 68.5 Å². The van der Waals surface area contributed by atoms with Gasteiger partial charge in [0.2, 0.25) is 0 Å². The van der Waals surface area contributed by atoms with Gasteiger partial charge in [0.25, 0.3) is 0 Å². The Morgan fingerprint density at radius 1 is 1.26 bits per heavy atom. The fourth-order valence-electron chi connectivity index (χ4n) is 1.67.